The van der Waals surface area contributed by atoms with Crippen molar-refractivity contribution in [1.29, 1.82) is 0 Å². The van der Waals surface area contributed by atoms with Crippen molar-refractivity contribution in [3.05, 3.63) is 0 Å². The van der Waals surface area contributed by atoms with Gasteiger partial charge in [-0.25, -0.2) is 0 Å². The van der Waals surface area contributed by atoms with E-state index < -0.39 is 0 Å². The first kappa shape index (κ1) is 35.5. The van der Waals surface area contributed by atoms with E-state index in [9.17, 15) is 4.79 Å². The number of hydrogen-bond acceptors (Lipinski definition) is 3. The molecule has 0 aromatic carbocycles. The smallest absolute Gasteiger partial charge is 0.309 e. The zero-order chi connectivity index (χ0) is 27.7. The van der Waals surface area contributed by atoms with Gasteiger partial charge in [-0.3, -0.25) is 4.79 Å². The number of carbonyl (C=O) groups is 1. The minimum atomic E-state index is 0.0988. The Morgan fingerprint density at radius 1 is 0.632 bits per heavy atom. The molecule has 3 heteroatoms. The van der Waals surface area contributed by atoms with Crippen LogP contribution in [0.4, 0.5) is 0 Å². The molecule has 1 aliphatic heterocycles. The van der Waals surface area contributed by atoms with Gasteiger partial charge in [-0.05, 0) is 64.6 Å². The molecule has 1 aliphatic rings. The van der Waals surface area contributed by atoms with Crippen molar-refractivity contribution in [1.82, 2.24) is 4.90 Å². The monoisotopic (exact) mass is 536 g/mol. The number of nitrogens with zero attached hydrogens (tertiary/aromatic N) is 1. The van der Waals surface area contributed by atoms with Crippen molar-refractivity contribution in [3.63, 3.8) is 0 Å². The number of esters is 1. The van der Waals surface area contributed by atoms with Crippen molar-refractivity contribution in [2.45, 2.75) is 187 Å². The highest BCUT2D eigenvalue weighted by Crippen LogP contribution is 2.23. The second-order valence-electron chi connectivity index (χ2n) is 12.7. The molecule has 0 aliphatic carbocycles. The van der Waals surface area contributed by atoms with E-state index in [4.69, 9.17) is 4.74 Å². The molecule has 2 atom stereocenters. The fourth-order valence-corrected chi connectivity index (χ4v) is 6.20. The summed E-state index contributed by atoms with van der Waals surface area (Å²) in [6, 6.07) is 0. The first-order valence-corrected chi connectivity index (χ1v) is 17.5. The van der Waals surface area contributed by atoms with Gasteiger partial charge in [0, 0.05) is 0 Å². The summed E-state index contributed by atoms with van der Waals surface area (Å²) in [5.41, 5.74) is 0. The molecule has 3 nitrogen and oxygen atoms in total. The van der Waals surface area contributed by atoms with Crippen LogP contribution in [0.5, 0.6) is 0 Å². The number of likely N-dealkylation sites (tertiary alicyclic amines) is 1. The van der Waals surface area contributed by atoms with Crippen molar-refractivity contribution in [2.75, 3.05) is 20.1 Å². The zero-order valence-corrected chi connectivity index (χ0v) is 26.6. The van der Waals surface area contributed by atoms with Gasteiger partial charge in [-0.1, -0.05) is 143 Å². The predicted molar refractivity (Wildman–Crippen MR) is 167 cm³/mol. The standard InChI is InChI=1S/C35H69NO2/c1-5-8-10-11-14-18-22-26-34(38-35(37)33-28-30-36(4)31-29-33)27-23-19-16-13-12-15-17-21-25-32(7-3)24-20-9-6-2/h32-34H,5-31H2,1-4H3. The van der Waals surface area contributed by atoms with Crippen LogP contribution in [0.1, 0.15) is 181 Å². The lowest BCUT2D eigenvalue weighted by molar-refractivity contribution is -0.156. The Bertz CT molecular complexity index is 514. The summed E-state index contributed by atoms with van der Waals surface area (Å²) >= 11 is 0. The first-order valence-electron chi connectivity index (χ1n) is 17.5. The largest absolute Gasteiger partial charge is 0.462 e. The van der Waals surface area contributed by atoms with E-state index in [1.54, 1.807) is 0 Å². The quantitative estimate of drug-likeness (QED) is 0.0814. The fourth-order valence-electron chi connectivity index (χ4n) is 6.20. The molecule has 0 spiro atoms. The number of ether oxygens (including phenoxy) is 1. The van der Waals surface area contributed by atoms with E-state index in [2.05, 4.69) is 32.7 Å². The Labute approximate surface area is 239 Å². The van der Waals surface area contributed by atoms with Gasteiger partial charge in [0.1, 0.15) is 6.10 Å². The summed E-state index contributed by atoms with van der Waals surface area (Å²) in [5, 5.41) is 0. The lowest BCUT2D eigenvalue weighted by atomic mass is 9.92. The Balaban J connectivity index is 2.18. The molecule has 1 heterocycles. The predicted octanol–water partition coefficient (Wildman–Crippen LogP) is 10.9. The Hall–Kier alpha value is -0.570. The number of unbranched alkanes of at least 4 members (excludes halogenated alkanes) is 15. The lowest BCUT2D eigenvalue weighted by Crippen LogP contribution is -2.35. The molecular weight excluding hydrogens is 466 g/mol. The molecule has 0 radical (unpaired) electrons. The summed E-state index contributed by atoms with van der Waals surface area (Å²) in [5.74, 6) is 1.21. The molecule has 1 saturated heterocycles. The maximum Gasteiger partial charge on any atom is 0.309 e. The van der Waals surface area contributed by atoms with Crippen LogP contribution in [0, 0.1) is 11.8 Å². The molecule has 0 aromatic heterocycles. The minimum absolute atomic E-state index is 0.0988. The second-order valence-corrected chi connectivity index (χ2v) is 12.7. The normalized spacial score (nSPS) is 16.5. The number of piperidine rings is 1. The van der Waals surface area contributed by atoms with Gasteiger partial charge in [-0.2, -0.15) is 0 Å². The molecule has 1 rings (SSSR count). The summed E-state index contributed by atoms with van der Waals surface area (Å²) in [6.07, 6.45) is 32.9. The second kappa shape index (κ2) is 25.4. The van der Waals surface area contributed by atoms with Crippen LogP contribution in [0.3, 0.4) is 0 Å². The number of rotatable bonds is 26. The van der Waals surface area contributed by atoms with Crippen molar-refractivity contribution < 1.29 is 9.53 Å². The summed E-state index contributed by atoms with van der Waals surface area (Å²) < 4.78 is 6.14. The van der Waals surface area contributed by atoms with Crippen molar-refractivity contribution in [3.8, 4) is 0 Å². The van der Waals surface area contributed by atoms with E-state index in [0.717, 1.165) is 44.7 Å². The molecule has 2 unspecified atom stereocenters. The minimum Gasteiger partial charge on any atom is -0.462 e. The Morgan fingerprint density at radius 2 is 1.03 bits per heavy atom. The van der Waals surface area contributed by atoms with E-state index in [-0.39, 0.29) is 18.0 Å². The van der Waals surface area contributed by atoms with Crippen LogP contribution in [-0.4, -0.2) is 37.1 Å². The number of hydrogen-bond donors (Lipinski definition) is 0. The maximum atomic E-state index is 12.9. The number of carbonyl (C=O) groups excluding carboxylic acids is 1. The third-order valence-electron chi connectivity index (χ3n) is 9.15. The Kier molecular flexibility index (Phi) is 23.7. The molecule has 226 valence electrons. The van der Waals surface area contributed by atoms with Gasteiger partial charge in [0.15, 0.2) is 0 Å². The van der Waals surface area contributed by atoms with Gasteiger partial charge < -0.3 is 9.64 Å². The highest BCUT2D eigenvalue weighted by molar-refractivity contribution is 5.72. The molecule has 38 heavy (non-hydrogen) atoms. The van der Waals surface area contributed by atoms with E-state index in [0.29, 0.717) is 0 Å². The maximum absolute atomic E-state index is 12.9. The third kappa shape index (κ3) is 19.5. The molecule has 0 saturated carbocycles. The molecule has 0 bridgehead atoms. The summed E-state index contributed by atoms with van der Waals surface area (Å²) in [6.45, 7) is 9.02. The summed E-state index contributed by atoms with van der Waals surface area (Å²) in [4.78, 5) is 15.2. The van der Waals surface area contributed by atoms with Crippen LogP contribution in [0.25, 0.3) is 0 Å². The van der Waals surface area contributed by atoms with Gasteiger partial charge in [0.25, 0.3) is 0 Å². The first-order chi connectivity index (χ1) is 18.6. The van der Waals surface area contributed by atoms with Crippen LogP contribution in [0.2, 0.25) is 0 Å². The van der Waals surface area contributed by atoms with Crippen molar-refractivity contribution >= 4 is 5.97 Å². The Morgan fingerprint density at radius 3 is 1.50 bits per heavy atom. The highest BCUT2D eigenvalue weighted by Gasteiger charge is 2.26. The zero-order valence-electron chi connectivity index (χ0n) is 26.6. The third-order valence-corrected chi connectivity index (χ3v) is 9.15. The van der Waals surface area contributed by atoms with Gasteiger partial charge in [0.2, 0.25) is 0 Å². The van der Waals surface area contributed by atoms with Crippen LogP contribution < -0.4 is 0 Å². The molecule has 0 aromatic rings. The van der Waals surface area contributed by atoms with Crippen LogP contribution in [-0.2, 0) is 9.53 Å². The highest BCUT2D eigenvalue weighted by atomic mass is 16.5. The molecule has 0 N–H and O–H groups in total. The van der Waals surface area contributed by atoms with E-state index in [1.165, 1.54) is 135 Å². The molecule has 0 amide bonds. The van der Waals surface area contributed by atoms with Gasteiger partial charge in [-0.15, -0.1) is 0 Å². The summed E-state index contributed by atoms with van der Waals surface area (Å²) in [7, 11) is 2.15. The average Bonchev–Trinajstić information content (AvgIpc) is 2.92. The lowest BCUT2D eigenvalue weighted by Gasteiger charge is -2.29. The van der Waals surface area contributed by atoms with Gasteiger partial charge in [0.05, 0.1) is 5.92 Å². The van der Waals surface area contributed by atoms with Crippen molar-refractivity contribution in [2.24, 2.45) is 11.8 Å². The van der Waals surface area contributed by atoms with Gasteiger partial charge >= 0.3 is 5.97 Å². The molecular formula is C35H69NO2. The van der Waals surface area contributed by atoms with E-state index in [1.807, 2.05) is 0 Å². The fraction of sp³-hybridized carbons (Fsp3) is 0.971. The topological polar surface area (TPSA) is 29.5 Å². The van der Waals surface area contributed by atoms with Crippen LogP contribution >= 0.6 is 0 Å². The van der Waals surface area contributed by atoms with Crippen LogP contribution in [0.15, 0.2) is 0 Å². The van der Waals surface area contributed by atoms with E-state index >= 15 is 0 Å². The SMILES string of the molecule is CCCCCCCCCC(CCCCCCCCCCC(CC)CCCCC)OC(=O)C1CCN(C)CC1. The average molecular weight is 536 g/mol. The molecule has 1 fully saturated rings.